The molecule has 1 aromatic heterocycles. The number of hydrogen-bond acceptors (Lipinski definition) is 3. The fraction of sp³-hybridized carbons (Fsp3) is 0.562. The minimum Gasteiger partial charge on any atom is -0.314 e. The Morgan fingerprint density at radius 3 is 2.74 bits per heavy atom. The minimum absolute atomic E-state index is 0.556. The van der Waals surface area contributed by atoms with E-state index >= 15 is 0 Å². The van der Waals surface area contributed by atoms with Crippen molar-refractivity contribution in [3.63, 3.8) is 0 Å². The molecule has 1 aromatic carbocycles. The maximum atomic E-state index is 4.75. The molecule has 0 saturated heterocycles. The largest absolute Gasteiger partial charge is 0.314 e. The fourth-order valence-electron chi connectivity index (χ4n) is 2.37. The molecule has 0 bridgehead atoms. The van der Waals surface area contributed by atoms with Crippen molar-refractivity contribution in [1.29, 1.82) is 0 Å². The molecular weight excluding hydrogens is 252 g/mol. The molecule has 0 aliphatic heterocycles. The lowest BCUT2D eigenvalue weighted by Crippen LogP contribution is -2.33. The molecule has 0 aliphatic rings. The number of thiazole rings is 1. The van der Waals surface area contributed by atoms with E-state index in [2.05, 4.69) is 50.4 Å². The molecule has 0 spiro atoms. The van der Waals surface area contributed by atoms with Crippen LogP contribution < -0.4 is 5.32 Å². The Labute approximate surface area is 120 Å². The highest BCUT2D eigenvalue weighted by atomic mass is 32.1. The first-order valence-electron chi connectivity index (χ1n) is 7.27. The van der Waals surface area contributed by atoms with Gasteiger partial charge in [0.2, 0.25) is 0 Å². The summed E-state index contributed by atoms with van der Waals surface area (Å²) in [5.41, 5.74) is 1.14. The first kappa shape index (κ1) is 14.5. The van der Waals surface area contributed by atoms with Crippen LogP contribution in [-0.2, 0) is 6.42 Å². The molecule has 2 rings (SSSR count). The van der Waals surface area contributed by atoms with E-state index in [1.807, 2.05) is 11.3 Å². The summed E-state index contributed by atoms with van der Waals surface area (Å²) in [6.07, 6.45) is 3.46. The minimum atomic E-state index is 0.556. The summed E-state index contributed by atoms with van der Waals surface area (Å²) >= 11 is 1.84. The van der Waals surface area contributed by atoms with Crippen molar-refractivity contribution in [2.24, 2.45) is 5.92 Å². The van der Waals surface area contributed by atoms with Crippen LogP contribution in [0.3, 0.4) is 0 Å². The molecule has 1 atom stereocenters. The topological polar surface area (TPSA) is 24.9 Å². The van der Waals surface area contributed by atoms with Crippen LogP contribution in [0.15, 0.2) is 24.3 Å². The zero-order valence-corrected chi connectivity index (χ0v) is 13.0. The molecule has 104 valence electrons. The predicted molar refractivity (Wildman–Crippen MR) is 84.9 cm³/mol. The second-order valence-corrected chi connectivity index (χ2v) is 6.68. The van der Waals surface area contributed by atoms with Crippen LogP contribution in [0.1, 0.15) is 38.6 Å². The van der Waals surface area contributed by atoms with Crippen molar-refractivity contribution in [3.8, 4) is 0 Å². The molecule has 0 saturated carbocycles. The molecule has 0 amide bonds. The van der Waals surface area contributed by atoms with Crippen molar-refractivity contribution < 1.29 is 0 Å². The Morgan fingerprint density at radius 1 is 1.26 bits per heavy atom. The average molecular weight is 276 g/mol. The van der Waals surface area contributed by atoms with E-state index in [1.165, 1.54) is 22.5 Å². The van der Waals surface area contributed by atoms with Crippen molar-refractivity contribution >= 4 is 21.6 Å². The van der Waals surface area contributed by atoms with Crippen molar-refractivity contribution in [3.05, 3.63) is 29.3 Å². The van der Waals surface area contributed by atoms with Crippen LogP contribution in [0, 0.1) is 5.92 Å². The Balaban J connectivity index is 2.06. The predicted octanol–water partition coefficient (Wildman–Crippen LogP) is 4.25. The fourth-order valence-corrected chi connectivity index (χ4v) is 3.42. The third-order valence-electron chi connectivity index (χ3n) is 3.20. The SMILES string of the molecule is CCCNC(Cc1nc2ccccc2s1)CC(C)C. The lowest BCUT2D eigenvalue weighted by molar-refractivity contribution is 0.416. The molecule has 1 heterocycles. The zero-order valence-electron chi connectivity index (χ0n) is 12.1. The van der Waals surface area contributed by atoms with Gasteiger partial charge in [-0.2, -0.15) is 0 Å². The first-order chi connectivity index (χ1) is 9.19. The number of aromatic nitrogens is 1. The van der Waals surface area contributed by atoms with Crippen LogP contribution in [0.4, 0.5) is 0 Å². The van der Waals surface area contributed by atoms with Gasteiger partial charge in [0, 0.05) is 12.5 Å². The average Bonchev–Trinajstić information content (AvgIpc) is 2.77. The zero-order chi connectivity index (χ0) is 13.7. The standard InChI is InChI=1S/C16H24N2S/c1-4-9-17-13(10-12(2)3)11-16-18-14-7-5-6-8-15(14)19-16/h5-8,12-13,17H,4,9-11H2,1-3H3. The van der Waals surface area contributed by atoms with E-state index < -0.39 is 0 Å². The maximum Gasteiger partial charge on any atom is 0.0954 e. The number of benzene rings is 1. The number of nitrogens with zero attached hydrogens (tertiary/aromatic N) is 1. The lowest BCUT2D eigenvalue weighted by atomic mass is 10.0. The Kier molecular flexibility index (Phi) is 5.34. The Morgan fingerprint density at radius 2 is 2.05 bits per heavy atom. The maximum absolute atomic E-state index is 4.75. The van der Waals surface area contributed by atoms with Crippen LogP contribution in [0.5, 0.6) is 0 Å². The quantitative estimate of drug-likeness (QED) is 0.817. The number of nitrogens with one attached hydrogen (secondary N) is 1. The number of rotatable bonds is 7. The van der Waals surface area contributed by atoms with E-state index in [-0.39, 0.29) is 0 Å². The van der Waals surface area contributed by atoms with E-state index in [0.29, 0.717) is 6.04 Å². The highest BCUT2D eigenvalue weighted by Gasteiger charge is 2.13. The normalized spacial score (nSPS) is 13.3. The lowest BCUT2D eigenvalue weighted by Gasteiger charge is -2.19. The number of fused-ring (bicyclic) bond motifs is 1. The molecular formula is C16H24N2S. The summed E-state index contributed by atoms with van der Waals surface area (Å²) in [6, 6.07) is 8.97. The van der Waals surface area contributed by atoms with Crippen molar-refractivity contribution in [2.75, 3.05) is 6.54 Å². The van der Waals surface area contributed by atoms with Gasteiger partial charge in [0.1, 0.15) is 0 Å². The Bertz CT molecular complexity index is 471. The molecule has 1 unspecified atom stereocenters. The van der Waals surface area contributed by atoms with Gasteiger partial charge in [-0.15, -0.1) is 11.3 Å². The second-order valence-electron chi connectivity index (χ2n) is 5.56. The van der Waals surface area contributed by atoms with Gasteiger partial charge < -0.3 is 5.32 Å². The molecule has 1 N–H and O–H groups in total. The van der Waals surface area contributed by atoms with E-state index in [9.17, 15) is 0 Å². The highest BCUT2D eigenvalue weighted by molar-refractivity contribution is 7.18. The summed E-state index contributed by atoms with van der Waals surface area (Å²) in [4.78, 5) is 4.75. The van der Waals surface area contributed by atoms with E-state index in [0.717, 1.165) is 24.4 Å². The molecule has 2 nitrogen and oxygen atoms in total. The van der Waals surface area contributed by atoms with Crippen molar-refractivity contribution in [1.82, 2.24) is 10.3 Å². The van der Waals surface area contributed by atoms with Crippen LogP contribution in [0.25, 0.3) is 10.2 Å². The molecule has 0 radical (unpaired) electrons. The molecule has 0 fully saturated rings. The van der Waals surface area contributed by atoms with Crippen LogP contribution >= 0.6 is 11.3 Å². The van der Waals surface area contributed by atoms with Gasteiger partial charge in [0.05, 0.1) is 15.2 Å². The second kappa shape index (κ2) is 7.01. The third-order valence-corrected chi connectivity index (χ3v) is 4.26. The summed E-state index contributed by atoms with van der Waals surface area (Å²) in [5, 5.41) is 4.92. The monoisotopic (exact) mass is 276 g/mol. The van der Waals surface area contributed by atoms with Gasteiger partial charge in [-0.3, -0.25) is 0 Å². The summed E-state index contributed by atoms with van der Waals surface area (Å²) in [5.74, 6) is 0.726. The Hall–Kier alpha value is -0.930. The van der Waals surface area contributed by atoms with Gasteiger partial charge in [0.15, 0.2) is 0 Å². The van der Waals surface area contributed by atoms with Crippen molar-refractivity contribution in [2.45, 2.75) is 46.1 Å². The van der Waals surface area contributed by atoms with Gasteiger partial charge in [0.25, 0.3) is 0 Å². The highest BCUT2D eigenvalue weighted by Crippen LogP contribution is 2.23. The van der Waals surface area contributed by atoms with Crippen LogP contribution in [-0.4, -0.2) is 17.6 Å². The van der Waals surface area contributed by atoms with Crippen LogP contribution in [0.2, 0.25) is 0 Å². The summed E-state index contributed by atoms with van der Waals surface area (Å²) in [6.45, 7) is 7.90. The summed E-state index contributed by atoms with van der Waals surface area (Å²) < 4.78 is 1.30. The van der Waals surface area contributed by atoms with Gasteiger partial charge in [-0.25, -0.2) is 4.98 Å². The van der Waals surface area contributed by atoms with Gasteiger partial charge >= 0.3 is 0 Å². The molecule has 19 heavy (non-hydrogen) atoms. The van der Waals surface area contributed by atoms with E-state index in [4.69, 9.17) is 4.98 Å². The first-order valence-corrected chi connectivity index (χ1v) is 8.08. The molecule has 2 aromatic rings. The molecule has 3 heteroatoms. The third kappa shape index (κ3) is 4.29. The summed E-state index contributed by atoms with van der Waals surface area (Å²) in [7, 11) is 0. The van der Waals surface area contributed by atoms with E-state index in [1.54, 1.807) is 0 Å². The van der Waals surface area contributed by atoms with Gasteiger partial charge in [-0.05, 0) is 37.4 Å². The number of hydrogen-bond donors (Lipinski definition) is 1. The molecule has 0 aliphatic carbocycles. The smallest absolute Gasteiger partial charge is 0.0954 e. The number of para-hydroxylation sites is 1. The van der Waals surface area contributed by atoms with Gasteiger partial charge in [-0.1, -0.05) is 32.9 Å².